The lowest BCUT2D eigenvalue weighted by molar-refractivity contribution is -0.170. The number of aromatic nitrogens is 1. The lowest BCUT2D eigenvalue weighted by Crippen LogP contribution is -2.39. The van der Waals surface area contributed by atoms with E-state index in [1.54, 1.807) is 6.20 Å². The van der Waals surface area contributed by atoms with E-state index < -0.39 is 31.5 Å². The van der Waals surface area contributed by atoms with Crippen molar-refractivity contribution in [3.63, 3.8) is 0 Å². The molecule has 0 aliphatic carbocycles. The zero-order chi connectivity index (χ0) is 18.3. The van der Waals surface area contributed by atoms with Crippen LogP contribution in [0.15, 0.2) is 24.4 Å². The summed E-state index contributed by atoms with van der Waals surface area (Å²) in [5, 5.41) is 0. The molecule has 1 fully saturated rings. The van der Waals surface area contributed by atoms with Gasteiger partial charge in [-0.3, -0.25) is 14.7 Å². The van der Waals surface area contributed by atoms with E-state index in [2.05, 4.69) is 14.6 Å². The molecule has 1 saturated heterocycles. The summed E-state index contributed by atoms with van der Waals surface area (Å²) in [6, 6.07) is 5.66. The molecule has 0 unspecified atom stereocenters. The molecule has 0 spiro atoms. The predicted molar refractivity (Wildman–Crippen MR) is 82.5 cm³/mol. The smallest absolute Gasteiger partial charge is 0.330 e. The summed E-state index contributed by atoms with van der Waals surface area (Å²) in [6.45, 7) is 0.894. The van der Waals surface area contributed by atoms with Gasteiger partial charge in [0, 0.05) is 38.9 Å². The Morgan fingerprint density at radius 1 is 1.24 bits per heavy atom. The number of rotatable bonds is 7. The molecule has 1 amide bonds. The molecule has 0 atom stereocenters. The van der Waals surface area contributed by atoms with Crippen molar-refractivity contribution in [3.05, 3.63) is 30.1 Å². The Bertz CT molecular complexity index is 545. The van der Waals surface area contributed by atoms with Gasteiger partial charge in [0.2, 0.25) is 5.91 Å². The molecule has 1 aliphatic rings. The number of hydrogen-bond donors (Lipinski definition) is 0. The van der Waals surface area contributed by atoms with Crippen LogP contribution in [-0.4, -0.2) is 72.4 Å². The van der Waals surface area contributed by atoms with Crippen LogP contribution in [-0.2, 0) is 16.1 Å². The normalized spacial score (nSPS) is 16.9. The van der Waals surface area contributed by atoms with Crippen LogP contribution >= 0.6 is 0 Å². The van der Waals surface area contributed by atoms with Gasteiger partial charge in [-0.25, -0.2) is 8.78 Å². The van der Waals surface area contributed by atoms with Crippen LogP contribution in [0.4, 0.5) is 17.6 Å². The molecular weight excluding hydrogens is 342 g/mol. The van der Waals surface area contributed by atoms with E-state index in [4.69, 9.17) is 0 Å². The van der Waals surface area contributed by atoms with Crippen molar-refractivity contribution >= 4 is 5.91 Å². The summed E-state index contributed by atoms with van der Waals surface area (Å²) in [5.41, 5.74) is 0.930. The molecule has 0 saturated carbocycles. The Balaban J connectivity index is 1.75. The van der Waals surface area contributed by atoms with E-state index in [9.17, 15) is 22.4 Å². The Kier molecular flexibility index (Phi) is 7.12. The van der Waals surface area contributed by atoms with Gasteiger partial charge in [-0.1, -0.05) is 6.07 Å². The Labute approximate surface area is 143 Å². The Morgan fingerprint density at radius 2 is 2.04 bits per heavy atom. The van der Waals surface area contributed by atoms with Gasteiger partial charge in [0.05, 0.1) is 5.69 Å². The van der Waals surface area contributed by atoms with E-state index >= 15 is 0 Å². The molecule has 140 valence electrons. The summed E-state index contributed by atoms with van der Waals surface area (Å²) in [7, 11) is 0. The number of carbonyl (C=O) groups is 1. The lowest BCUT2D eigenvalue weighted by Gasteiger charge is -2.22. The average Bonchev–Trinajstić information content (AvgIpc) is 2.81. The van der Waals surface area contributed by atoms with Crippen molar-refractivity contribution in [2.75, 3.05) is 39.4 Å². The summed E-state index contributed by atoms with van der Waals surface area (Å²) >= 11 is 0. The maximum absolute atomic E-state index is 12.7. The second-order valence-electron chi connectivity index (χ2n) is 5.89. The van der Waals surface area contributed by atoms with Crippen LogP contribution in [0.2, 0.25) is 0 Å². The first kappa shape index (κ1) is 19.6. The van der Waals surface area contributed by atoms with E-state index in [-0.39, 0.29) is 0 Å². The summed E-state index contributed by atoms with van der Waals surface area (Å²) < 4.78 is 54.1. The molecule has 5 nitrogen and oxygen atoms in total. The molecule has 2 heterocycles. The Morgan fingerprint density at radius 3 is 2.72 bits per heavy atom. The van der Waals surface area contributed by atoms with Crippen molar-refractivity contribution < 1.29 is 27.1 Å². The maximum Gasteiger partial charge on any atom is 0.330 e. The number of amides is 1. The first-order valence-electron chi connectivity index (χ1n) is 8.02. The minimum atomic E-state index is -4.24. The third kappa shape index (κ3) is 6.24. The molecule has 0 N–H and O–H groups in total. The van der Waals surface area contributed by atoms with Gasteiger partial charge in [0.1, 0.15) is 13.2 Å². The van der Waals surface area contributed by atoms with Gasteiger partial charge < -0.3 is 9.64 Å². The van der Waals surface area contributed by atoms with Crippen LogP contribution in [0.1, 0.15) is 12.1 Å². The number of alkyl halides is 4. The number of carbonyl (C=O) groups excluding carboxylic acids is 1. The van der Waals surface area contributed by atoms with Gasteiger partial charge in [-0.15, -0.1) is 0 Å². The fourth-order valence-corrected chi connectivity index (χ4v) is 2.53. The van der Waals surface area contributed by atoms with E-state index in [0.717, 1.165) is 18.7 Å². The van der Waals surface area contributed by atoms with E-state index in [1.807, 2.05) is 18.2 Å². The highest BCUT2D eigenvalue weighted by molar-refractivity contribution is 5.77. The molecule has 2 rings (SSSR count). The molecule has 9 heteroatoms. The highest BCUT2D eigenvalue weighted by Gasteiger charge is 2.41. The van der Waals surface area contributed by atoms with Gasteiger partial charge in [-0.05, 0) is 18.6 Å². The van der Waals surface area contributed by atoms with Gasteiger partial charge >= 0.3 is 12.3 Å². The van der Waals surface area contributed by atoms with Crippen molar-refractivity contribution in [1.82, 2.24) is 14.8 Å². The monoisotopic (exact) mass is 363 g/mol. The first-order chi connectivity index (χ1) is 11.9. The number of halogens is 4. The van der Waals surface area contributed by atoms with Crippen LogP contribution in [0.3, 0.4) is 0 Å². The fraction of sp³-hybridized carbons (Fsp3) is 0.625. The molecule has 1 aromatic rings. The Hall–Kier alpha value is -1.74. The standard InChI is InChI=1S/C16H21F4N3O2/c17-15(18)16(19,20)12-25-11-14(24)23-7-3-6-22(8-9-23)10-13-4-1-2-5-21-13/h1-2,4-5,15H,3,6-12H2. The minimum absolute atomic E-state index is 0.431. The molecule has 0 radical (unpaired) electrons. The summed E-state index contributed by atoms with van der Waals surface area (Å²) in [5.74, 6) is -4.71. The van der Waals surface area contributed by atoms with Crippen molar-refractivity contribution in [2.24, 2.45) is 0 Å². The zero-order valence-electron chi connectivity index (χ0n) is 13.7. The molecule has 25 heavy (non-hydrogen) atoms. The second kappa shape index (κ2) is 9.10. The lowest BCUT2D eigenvalue weighted by atomic mass is 10.3. The minimum Gasteiger partial charge on any atom is -0.365 e. The first-order valence-corrected chi connectivity index (χ1v) is 8.02. The number of pyridine rings is 1. The number of hydrogen-bond acceptors (Lipinski definition) is 4. The van der Waals surface area contributed by atoms with Crippen molar-refractivity contribution in [2.45, 2.75) is 25.3 Å². The molecule has 0 aromatic carbocycles. The van der Waals surface area contributed by atoms with Gasteiger partial charge in [-0.2, -0.15) is 8.78 Å². The summed E-state index contributed by atoms with van der Waals surface area (Å²) in [4.78, 5) is 19.9. The average molecular weight is 363 g/mol. The third-order valence-electron chi connectivity index (χ3n) is 3.89. The largest absolute Gasteiger partial charge is 0.365 e. The predicted octanol–water partition coefficient (Wildman–Crippen LogP) is 2.03. The molecule has 0 bridgehead atoms. The van der Waals surface area contributed by atoms with Crippen molar-refractivity contribution in [1.29, 1.82) is 0 Å². The van der Waals surface area contributed by atoms with Crippen LogP contribution in [0.5, 0.6) is 0 Å². The molecule has 1 aromatic heterocycles. The SMILES string of the molecule is O=C(COCC(F)(F)C(F)F)N1CCCN(Cc2ccccn2)CC1. The van der Waals surface area contributed by atoms with Crippen molar-refractivity contribution in [3.8, 4) is 0 Å². The van der Waals surface area contributed by atoms with Gasteiger partial charge in [0.15, 0.2) is 0 Å². The van der Waals surface area contributed by atoms with Gasteiger partial charge in [0.25, 0.3) is 0 Å². The highest BCUT2D eigenvalue weighted by atomic mass is 19.3. The molecular formula is C16H21F4N3O2. The topological polar surface area (TPSA) is 45.7 Å². The fourth-order valence-electron chi connectivity index (χ4n) is 2.53. The second-order valence-corrected chi connectivity index (χ2v) is 5.89. The third-order valence-corrected chi connectivity index (χ3v) is 3.89. The summed E-state index contributed by atoms with van der Waals surface area (Å²) in [6.07, 6.45) is -1.36. The quantitative estimate of drug-likeness (QED) is 0.696. The van der Waals surface area contributed by atoms with E-state index in [1.165, 1.54) is 4.90 Å². The number of nitrogens with zero attached hydrogens (tertiary/aromatic N) is 3. The maximum atomic E-state index is 12.7. The van der Waals surface area contributed by atoms with Crippen LogP contribution in [0.25, 0.3) is 0 Å². The number of ether oxygens (including phenoxy) is 1. The zero-order valence-corrected chi connectivity index (χ0v) is 13.7. The molecule has 1 aliphatic heterocycles. The van der Waals surface area contributed by atoms with Crippen LogP contribution < -0.4 is 0 Å². The van der Waals surface area contributed by atoms with Crippen LogP contribution in [0, 0.1) is 0 Å². The van der Waals surface area contributed by atoms with E-state index in [0.29, 0.717) is 26.2 Å². The highest BCUT2D eigenvalue weighted by Crippen LogP contribution is 2.22.